The summed E-state index contributed by atoms with van der Waals surface area (Å²) in [6.07, 6.45) is 9.85. The Morgan fingerprint density at radius 1 is 0.697 bits per heavy atom. The molecule has 11 rings (SSSR count). The molecule has 7 aromatic rings. The Kier molecular flexibility index (Phi) is 14.1. The molecular formula is C67H68F4N2O3. The number of ether oxygens (including phenoxy) is 2. The average molecular weight is 1030 g/mol. The fraction of sp³-hybridized carbons (Fsp3) is 0.358. The van der Waals surface area contributed by atoms with Gasteiger partial charge in [0.05, 0.1) is 12.2 Å². The Balaban J connectivity index is 0.942. The standard InChI is InChI=1S/C67H68F4N2O3/c1-5-7-9-12-44-15-17-45(18-16-44)46-19-21-47(22-20-46)48-23-25-49(26-24-48)64(74)73-39-37-72(38-40-73)59-43-66(50-27-32-53(68)33-28-50,51-29-34-54(35-30-51)75-41-8-6-2)76-63-57-42-52(67(69,70)71)31-36-55(57)60-56-13-10-11-14-58(56)65(3,4)62(60)61(59)63/h10-11,13-14,19-36,42-45H,5-9,12,15-18,37-41H2,1-4H3. The van der Waals surface area contributed by atoms with Gasteiger partial charge < -0.3 is 19.3 Å². The average Bonchev–Trinajstić information content (AvgIpc) is 3.72. The van der Waals surface area contributed by atoms with Gasteiger partial charge in [0.15, 0.2) is 5.60 Å². The smallest absolute Gasteiger partial charge is 0.416 e. The number of hydrogen-bond acceptors (Lipinski definition) is 4. The second kappa shape index (κ2) is 20.9. The zero-order valence-electron chi connectivity index (χ0n) is 44.2. The van der Waals surface area contributed by atoms with E-state index in [9.17, 15) is 22.4 Å². The minimum absolute atomic E-state index is 0.0572. The predicted molar refractivity (Wildman–Crippen MR) is 297 cm³/mol. The maximum Gasteiger partial charge on any atom is 0.416 e. The number of hydrogen-bond donors (Lipinski definition) is 0. The number of halogens is 4. The molecule has 1 unspecified atom stereocenters. The maximum absolute atomic E-state index is 14.9. The van der Waals surface area contributed by atoms with Crippen molar-refractivity contribution in [1.29, 1.82) is 0 Å². The van der Waals surface area contributed by atoms with Gasteiger partial charge in [-0.1, -0.05) is 151 Å². The number of rotatable bonds is 14. The van der Waals surface area contributed by atoms with E-state index in [1.54, 1.807) is 18.2 Å². The third kappa shape index (κ3) is 9.57. The number of carbonyl (C=O) groups excluding carboxylic acids is 1. The van der Waals surface area contributed by atoms with Gasteiger partial charge in [-0.3, -0.25) is 4.79 Å². The molecule has 9 heteroatoms. The molecule has 0 N–H and O–H groups in total. The lowest BCUT2D eigenvalue weighted by molar-refractivity contribution is -0.137. The van der Waals surface area contributed by atoms with E-state index in [2.05, 4.69) is 75.1 Å². The molecule has 392 valence electrons. The zero-order chi connectivity index (χ0) is 52.8. The van der Waals surface area contributed by atoms with Crippen LogP contribution in [0.4, 0.5) is 17.6 Å². The van der Waals surface area contributed by atoms with Crippen LogP contribution in [0.2, 0.25) is 0 Å². The van der Waals surface area contributed by atoms with Crippen LogP contribution in [0.25, 0.3) is 38.7 Å². The Labute approximate surface area is 445 Å². The van der Waals surface area contributed by atoms with Crippen LogP contribution in [0.5, 0.6) is 11.5 Å². The normalized spacial score (nSPS) is 19.9. The van der Waals surface area contributed by atoms with Gasteiger partial charge in [0.1, 0.15) is 17.3 Å². The van der Waals surface area contributed by atoms with E-state index < -0.39 is 28.6 Å². The zero-order valence-corrected chi connectivity index (χ0v) is 44.2. The van der Waals surface area contributed by atoms with Crippen molar-refractivity contribution >= 4 is 22.4 Å². The van der Waals surface area contributed by atoms with Crippen molar-refractivity contribution in [2.24, 2.45) is 5.92 Å². The molecule has 1 saturated heterocycles. The molecule has 5 nitrogen and oxygen atoms in total. The van der Waals surface area contributed by atoms with Crippen molar-refractivity contribution in [3.8, 4) is 33.8 Å². The quantitative estimate of drug-likeness (QED) is 0.0804. The van der Waals surface area contributed by atoms with Crippen LogP contribution in [0.15, 0.2) is 146 Å². The summed E-state index contributed by atoms with van der Waals surface area (Å²) in [5.41, 5.74) is 8.07. The van der Waals surface area contributed by atoms with Gasteiger partial charge in [-0.05, 0) is 143 Å². The summed E-state index contributed by atoms with van der Waals surface area (Å²) in [5.74, 6) is 2.01. The predicted octanol–water partition coefficient (Wildman–Crippen LogP) is 17.1. The number of unbranched alkanes of at least 4 members (excludes halogenated alkanes) is 3. The van der Waals surface area contributed by atoms with Gasteiger partial charge in [-0.15, -0.1) is 0 Å². The van der Waals surface area contributed by atoms with Crippen LogP contribution < -0.4 is 9.47 Å². The summed E-state index contributed by atoms with van der Waals surface area (Å²) in [6, 6.07) is 42.9. The number of carbonyl (C=O) groups is 1. The highest BCUT2D eigenvalue weighted by molar-refractivity contribution is 6.09. The fourth-order valence-electron chi connectivity index (χ4n) is 12.8. The second-order valence-corrected chi connectivity index (χ2v) is 22.2. The first kappa shape index (κ1) is 51.2. The van der Waals surface area contributed by atoms with Crippen molar-refractivity contribution in [2.75, 3.05) is 32.8 Å². The number of piperazine rings is 1. The first-order valence-electron chi connectivity index (χ1n) is 27.7. The Morgan fingerprint density at radius 3 is 2.00 bits per heavy atom. The first-order chi connectivity index (χ1) is 36.8. The molecule has 2 aliphatic heterocycles. The lowest BCUT2D eigenvalue weighted by Crippen LogP contribution is -2.49. The summed E-state index contributed by atoms with van der Waals surface area (Å²) in [7, 11) is 0. The van der Waals surface area contributed by atoms with Crippen LogP contribution in [-0.4, -0.2) is 48.5 Å². The molecule has 2 fully saturated rings. The molecule has 76 heavy (non-hydrogen) atoms. The van der Waals surface area contributed by atoms with Gasteiger partial charge in [0, 0.05) is 64.9 Å². The summed E-state index contributed by atoms with van der Waals surface area (Å²) in [5, 5.41) is 0.981. The molecular weight excluding hydrogens is 957 g/mol. The molecule has 1 saturated carbocycles. The first-order valence-corrected chi connectivity index (χ1v) is 27.7. The summed E-state index contributed by atoms with van der Waals surface area (Å²) < 4.78 is 73.3. The highest BCUT2D eigenvalue weighted by Gasteiger charge is 2.48. The van der Waals surface area contributed by atoms with Crippen LogP contribution in [0, 0.1) is 11.7 Å². The van der Waals surface area contributed by atoms with Crippen LogP contribution in [-0.2, 0) is 17.2 Å². The fourth-order valence-corrected chi connectivity index (χ4v) is 12.8. The number of alkyl halides is 3. The highest BCUT2D eigenvalue weighted by Crippen LogP contribution is 2.60. The molecule has 2 heterocycles. The van der Waals surface area contributed by atoms with Crippen LogP contribution in [0.1, 0.15) is 147 Å². The summed E-state index contributed by atoms with van der Waals surface area (Å²) >= 11 is 0. The largest absolute Gasteiger partial charge is 0.494 e. The van der Waals surface area contributed by atoms with Crippen LogP contribution in [0.3, 0.4) is 0 Å². The molecule has 4 aliphatic rings. The van der Waals surface area contributed by atoms with Crippen molar-refractivity contribution in [3.05, 3.63) is 196 Å². The monoisotopic (exact) mass is 1020 g/mol. The third-order valence-electron chi connectivity index (χ3n) is 17.1. The van der Waals surface area contributed by atoms with Crippen molar-refractivity contribution in [3.63, 3.8) is 0 Å². The Bertz CT molecular complexity index is 3260. The lowest BCUT2D eigenvalue weighted by Gasteiger charge is -2.45. The van der Waals surface area contributed by atoms with E-state index in [0.717, 1.165) is 63.9 Å². The number of fused-ring (bicyclic) bond motifs is 8. The summed E-state index contributed by atoms with van der Waals surface area (Å²) in [6.45, 7) is 11.0. The van der Waals surface area contributed by atoms with Crippen molar-refractivity contribution in [2.45, 2.75) is 115 Å². The van der Waals surface area contributed by atoms with E-state index in [4.69, 9.17) is 9.47 Å². The number of benzene rings is 7. The van der Waals surface area contributed by atoms with Crippen LogP contribution >= 0.6 is 0 Å². The number of nitrogens with zero attached hydrogens (tertiary/aromatic N) is 2. The van der Waals surface area contributed by atoms with Gasteiger partial charge in [0.2, 0.25) is 0 Å². The minimum atomic E-state index is -4.63. The maximum atomic E-state index is 14.9. The van der Waals surface area contributed by atoms with E-state index in [0.29, 0.717) is 83.2 Å². The Morgan fingerprint density at radius 2 is 1.34 bits per heavy atom. The third-order valence-corrected chi connectivity index (χ3v) is 17.1. The van der Waals surface area contributed by atoms with E-state index in [-0.39, 0.29) is 5.91 Å². The minimum Gasteiger partial charge on any atom is -0.494 e. The Hall–Kier alpha value is -6.87. The van der Waals surface area contributed by atoms with Gasteiger partial charge >= 0.3 is 6.18 Å². The SMILES string of the molecule is CCCCCC1CCC(c2ccc(-c3ccc(C(=O)N4CCN(C5=CC(c6ccc(F)cc6)(c6ccc(OCCCC)cc6)Oc6c5c5c(c7ccc(C(F)(F)F)cc67)-c6ccccc6C5(C)C)CC4)cc3)cc2)CC1. The van der Waals surface area contributed by atoms with Gasteiger partial charge in [-0.25, -0.2) is 4.39 Å². The molecule has 0 bridgehead atoms. The second-order valence-electron chi connectivity index (χ2n) is 22.2. The molecule has 1 atom stereocenters. The highest BCUT2D eigenvalue weighted by atomic mass is 19.4. The van der Waals surface area contributed by atoms with Crippen molar-refractivity contribution < 1.29 is 31.8 Å². The van der Waals surface area contributed by atoms with E-state index in [1.165, 1.54) is 75.1 Å². The summed E-state index contributed by atoms with van der Waals surface area (Å²) in [4.78, 5) is 18.6. The molecule has 0 radical (unpaired) electrons. The molecule has 2 aliphatic carbocycles. The van der Waals surface area contributed by atoms with Crippen molar-refractivity contribution in [1.82, 2.24) is 9.80 Å². The molecule has 7 aromatic carbocycles. The topological polar surface area (TPSA) is 42.0 Å². The molecule has 0 spiro atoms. The van der Waals surface area contributed by atoms with E-state index in [1.807, 2.05) is 65.6 Å². The number of amides is 1. The molecule has 1 amide bonds. The van der Waals surface area contributed by atoms with Gasteiger partial charge in [0.25, 0.3) is 5.91 Å². The van der Waals surface area contributed by atoms with E-state index >= 15 is 0 Å². The lowest BCUT2D eigenvalue weighted by atomic mass is 9.75. The van der Waals surface area contributed by atoms with Gasteiger partial charge in [-0.2, -0.15) is 13.2 Å². The molecule has 0 aromatic heterocycles.